The van der Waals surface area contributed by atoms with Crippen molar-refractivity contribution in [3.63, 3.8) is 0 Å². The number of aromatic amines is 1. The molecule has 5 heteroatoms. The number of carbonyl (C=O) groups excluding carboxylic acids is 1. The summed E-state index contributed by atoms with van der Waals surface area (Å²) < 4.78 is 10.6. The lowest BCUT2D eigenvalue weighted by molar-refractivity contribution is 0.0966. The van der Waals surface area contributed by atoms with Gasteiger partial charge in [-0.2, -0.15) is 0 Å². The highest BCUT2D eigenvalue weighted by Crippen LogP contribution is 2.35. The maximum absolute atomic E-state index is 12.2. The number of hydrogen-bond acceptors (Lipinski definition) is 3. The fraction of sp³-hybridized carbons (Fsp3) is 0.167. The number of ether oxygens (including phenoxy) is 2. The van der Waals surface area contributed by atoms with Crippen molar-refractivity contribution >= 4 is 16.8 Å². The fourth-order valence-electron chi connectivity index (χ4n) is 3.06. The third-order valence-corrected chi connectivity index (χ3v) is 4.21. The molecule has 1 aliphatic rings. The normalized spacial score (nSPS) is 13.0. The number of aromatic nitrogens is 1. The molecule has 0 bridgehead atoms. The van der Waals surface area contributed by atoms with Gasteiger partial charge in [-0.1, -0.05) is 0 Å². The summed E-state index contributed by atoms with van der Waals surface area (Å²) in [6.45, 7) is 0.534. The van der Waals surface area contributed by atoms with Gasteiger partial charge in [-0.05, 0) is 42.0 Å². The summed E-state index contributed by atoms with van der Waals surface area (Å²) in [5, 5.41) is 3.91. The van der Waals surface area contributed by atoms with E-state index in [9.17, 15) is 4.79 Å². The van der Waals surface area contributed by atoms with Gasteiger partial charge in [0, 0.05) is 28.7 Å². The molecule has 0 radical (unpaired) electrons. The number of benzene rings is 2. The van der Waals surface area contributed by atoms with Crippen LogP contribution in [0.5, 0.6) is 11.5 Å². The van der Waals surface area contributed by atoms with Crippen molar-refractivity contribution in [1.82, 2.24) is 10.3 Å². The van der Waals surface area contributed by atoms with Crippen LogP contribution in [0.4, 0.5) is 0 Å². The Morgan fingerprint density at radius 1 is 1.00 bits per heavy atom. The molecule has 1 aromatic heterocycles. The van der Waals surface area contributed by atoms with Crippen molar-refractivity contribution in [2.24, 2.45) is 0 Å². The molecular weight excluding hydrogens is 292 g/mol. The Bertz CT molecular complexity index is 927. The molecule has 0 unspecified atom stereocenters. The van der Waals surface area contributed by atoms with Gasteiger partial charge in [0.2, 0.25) is 0 Å². The number of H-pyrrole nitrogens is 1. The molecule has 116 valence electrons. The molecule has 0 saturated carbocycles. The quantitative estimate of drug-likeness (QED) is 0.781. The second-order valence-electron chi connectivity index (χ2n) is 5.53. The van der Waals surface area contributed by atoms with E-state index in [0.717, 1.165) is 39.2 Å². The summed E-state index contributed by atoms with van der Waals surface area (Å²) in [5.41, 5.74) is 4.41. The van der Waals surface area contributed by atoms with Gasteiger partial charge >= 0.3 is 0 Å². The number of fused-ring (bicyclic) bond motifs is 2. The van der Waals surface area contributed by atoms with Crippen molar-refractivity contribution in [1.29, 1.82) is 0 Å². The third-order valence-electron chi connectivity index (χ3n) is 4.21. The number of nitrogens with one attached hydrogen (secondary N) is 2. The van der Waals surface area contributed by atoms with Crippen LogP contribution in [-0.2, 0) is 6.54 Å². The largest absolute Gasteiger partial charge is 0.497 e. The average molecular weight is 308 g/mol. The fourth-order valence-corrected chi connectivity index (χ4v) is 3.06. The van der Waals surface area contributed by atoms with Crippen LogP contribution < -0.4 is 14.8 Å². The number of amides is 1. The Balaban J connectivity index is 1.93. The molecule has 0 fully saturated rings. The smallest absolute Gasteiger partial charge is 0.252 e. The van der Waals surface area contributed by atoms with Gasteiger partial charge in [-0.25, -0.2) is 0 Å². The Morgan fingerprint density at radius 2 is 1.83 bits per heavy atom. The zero-order chi connectivity index (χ0) is 16.0. The lowest BCUT2D eigenvalue weighted by Crippen LogP contribution is -2.13. The lowest BCUT2D eigenvalue weighted by atomic mass is 10.00. The highest BCUT2D eigenvalue weighted by molar-refractivity contribution is 6.05. The summed E-state index contributed by atoms with van der Waals surface area (Å²) in [7, 11) is 3.28. The second-order valence-corrected chi connectivity index (χ2v) is 5.53. The maximum atomic E-state index is 12.2. The van der Waals surface area contributed by atoms with Crippen LogP contribution in [0.1, 0.15) is 15.9 Å². The summed E-state index contributed by atoms with van der Waals surface area (Å²) in [4.78, 5) is 15.6. The zero-order valence-corrected chi connectivity index (χ0v) is 12.9. The van der Waals surface area contributed by atoms with Gasteiger partial charge in [0.1, 0.15) is 11.5 Å². The molecule has 0 atom stereocenters. The minimum absolute atomic E-state index is 0.0473. The molecule has 1 amide bonds. The van der Waals surface area contributed by atoms with Crippen LogP contribution in [0, 0.1) is 0 Å². The number of carbonyl (C=O) groups is 1. The number of rotatable bonds is 3. The van der Waals surface area contributed by atoms with E-state index in [2.05, 4.69) is 10.3 Å². The van der Waals surface area contributed by atoms with E-state index in [0.29, 0.717) is 12.1 Å². The van der Waals surface area contributed by atoms with Crippen molar-refractivity contribution in [2.45, 2.75) is 6.54 Å². The van der Waals surface area contributed by atoms with Gasteiger partial charge in [0.05, 0.1) is 19.8 Å². The molecule has 0 saturated heterocycles. The summed E-state index contributed by atoms with van der Waals surface area (Å²) in [6.07, 6.45) is 0. The first-order valence-corrected chi connectivity index (χ1v) is 7.36. The highest BCUT2D eigenvalue weighted by Gasteiger charge is 2.25. The third kappa shape index (κ3) is 2.12. The van der Waals surface area contributed by atoms with Crippen molar-refractivity contribution in [3.05, 3.63) is 47.5 Å². The molecule has 1 aliphatic heterocycles. The summed E-state index contributed by atoms with van der Waals surface area (Å²) >= 11 is 0. The topological polar surface area (TPSA) is 63.4 Å². The first kappa shape index (κ1) is 13.7. The monoisotopic (exact) mass is 308 g/mol. The predicted molar refractivity (Wildman–Crippen MR) is 88.0 cm³/mol. The highest BCUT2D eigenvalue weighted by atomic mass is 16.5. The number of methoxy groups -OCH3 is 2. The minimum Gasteiger partial charge on any atom is -0.497 e. The zero-order valence-electron chi connectivity index (χ0n) is 12.9. The molecule has 2 N–H and O–H groups in total. The first-order valence-electron chi connectivity index (χ1n) is 7.36. The molecule has 23 heavy (non-hydrogen) atoms. The Hall–Kier alpha value is -2.95. The van der Waals surface area contributed by atoms with E-state index < -0.39 is 0 Å². The van der Waals surface area contributed by atoms with E-state index in [1.165, 1.54) is 0 Å². The molecule has 2 heterocycles. The second kappa shape index (κ2) is 5.05. The van der Waals surface area contributed by atoms with E-state index in [4.69, 9.17) is 9.47 Å². The molecule has 3 aromatic rings. The van der Waals surface area contributed by atoms with E-state index in [-0.39, 0.29) is 5.91 Å². The van der Waals surface area contributed by atoms with E-state index in [1.807, 2.05) is 36.4 Å². The standard InChI is InChI=1S/C18H16N2O3/c1-22-12-3-4-15-10(5-12)7-16(20-15)14-8-13(23-2)6-11-9-19-18(21)17(11)14/h3-8,20H,9H2,1-2H3,(H,19,21). The first-order chi connectivity index (χ1) is 11.2. The molecular formula is C18H16N2O3. The maximum Gasteiger partial charge on any atom is 0.252 e. The van der Waals surface area contributed by atoms with Crippen LogP contribution >= 0.6 is 0 Å². The van der Waals surface area contributed by atoms with E-state index in [1.54, 1.807) is 14.2 Å². The van der Waals surface area contributed by atoms with Crippen LogP contribution in [0.15, 0.2) is 36.4 Å². The molecule has 0 aliphatic carbocycles. The minimum atomic E-state index is -0.0473. The summed E-state index contributed by atoms with van der Waals surface area (Å²) in [5.74, 6) is 1.50. The number of hydrogen-bond donors (Lipinski definition) is 2. The van der Waals surface area contributed by atoms with Crippen LogP contribution in [0.2, 0.25) is 0 Å². The van der Waals surface area contributed by atoms with Gasteiger partial charge in [-0.3, -0.25) is 4.79 Å². The Kier molecular flexibility index (Phi) is 3.01. The molecule has 2 aromatic carbocycles. The van der Waals surface area contributed by atoms with Gasteiger partial charge < -0.3 is 19.8 Å². The van der Waals surface area contributed by atoms with Crippen LogP contribution in [-0.4, -0.2) is 25.1 Å². The predicted octanol–water partition coefficient (Wildman–Crippen LogP) is 3.10. The van der Waals surface area contributed by atoms with Gasteiger partial charge in [-0.15, -0.1) is 0 Å². The van der Waals surface area contributed by atoms with E-state index >= 15 is 0 Å². The van der Waals surface area contributed by atoms with Gasteiger partial charge in [0.25, 0.3) is 5.91 Å². The lowest BCUT2D eigenvalue weighted by Gasteiger charge is -2.08. The van der Waals surface area contributed by atoms with Crippen LogP contribution in [0.25, 0.3) is 22.2 Å². The van der Waals surface area contributed by atoms with Crippen molar-refractivity contribution in [3.8, 4) is 22.8 Å². The summed E-state index contributed by atoms with van der Waals surface area (Å²) in [6, 6.07) is 11.7. The Labute approximate surface area is 133 Å². The molecule has 4 rings (SSSR count). The van der Waals surface area contributed by atoms with Crippen LogP contribution in [0.3, 0.4) is 0 Å². The average Bonchev–Trinajstić information content (AvgIpc) is 3.17. The van der Waals surface area contributed by atoms with Gasteiger partial charge in [0.15, 0.2) is 0 Å². The van der Waals surface area contributed by atoms with Crippen molar-refractivity contribution < 1.29 is 14.3 Å². The SMILES string of the molecule is COc1cc2c(c(-c3cc4cc(OC)ccc4[nH]3)c1)C(=O)NC2. The molecule has 0 spiro atoms. The Morgan fingerprint density at radius 3 is 2.61 bits per heavy atom. The molecule has 5 nitrogen and oxygen atoms in total. The van der Waals surface area contributed by atoms with Crippen molar-refractivity contribution in [2.75, 3.05) is 14.2 Å².